The Morgan fingerprint density at radius 3 is 2.42 bits per heavy atom. The van der Waals surface area contributed by atoms with Crippen LogP contribution in [0.5, 0.6) is 0 Å². The molecule has 0 aliphatic heterocycles. The van der Waals surface area contributed by atoms with Crippen LogP contribution in [0.1, 0.15) is 56.5 Å². The maximum atomic E-state index is 13.1. The number of hydrogen-bond donors (Lipinski definition) is 1. The Labute approximate surface area is 223 Å². The van der Waals surface area contributed by atoms with Crippen LogP contribution in [0.3, 0.4) is 0 Å². The van der Waals surface area contributed by atoms with E-state index in [-0.39, 0.29) is 29.5 Å². The van der Waals surface area contributed by atoms with Crippen LogP contribution >= 0.6 is 0 Å². The van der Waals surface area contributed by atoms with E-state index in [0.717, 1.165) is 22.5 Å². The fraction of sp³-hybridized carbons (Fsp3) is 0.345. The molecule has 0 saturated carbocycles. The van der Waals surface area contributed by atoms with Gasteiger partial charge in [0.05, 0.1) is 16.3 Å². The van der Waals surface area contributed by atoms with Crippen molar-refractivity contribution in [2.75, 3.05) is 18.4 Å². The molecule has 0 saturated heterocycles. The van der Waals surface area contributed by atoms with Crippen molar-refractivity contribution in [2.45, 2.75) is 53.4 Å². The van der Waals surface area contributed by atoms with Crippen LogP contribution < -0.4 is 5.32 Å². The van der Waals surface area contributed by atoms with Crippen molar-refractivity contribution in [1.82, 2.24) is 14.7 Å². The number of nitro benzene ring substituents is 1. The minimum absolute atomic E-state index is 0.0209. The molecule has 0 aliphatic carbocycles. The summed E-state index contributed by atoms with van der Waals surface area (Å²) in [4.78, 5) is 37.9. The van der Waals surface area contributed by atoms with E-state index in [1.807, 2.05) is 45.0 Å². The van der Waals surface area contributed by atoms with Gasteiger partial charge in [-0.3, -0.25) is 19.7 Å². The summed E-state index contributed by atoms with van der Waals surface area (Å²) in [7, 11) is 0. The summed E-state index contributed by atoms with van der Waals surface area (Å²) in [6.07, 6.45) is 3.64. The second kappa shape index (κ2) is 11.9. The summed E-state index contributed by atoms with van der Waals surface area (Å²) < 4.78 is 1.75. The van der Waals surface area contributed by atoms with Crippen LogP contribution in [0.2, 0.25) is 0 Å². The quantitative estimate of drug-likeness (QED) is 0.226. The predicted octanol–water partition coefficient (Wildman–Crippen LogP) is 5.59. The molecular weight excluding hydrogens is 482 g/mol. The lowest BCUT2D eigenvalue weighted by Gasteiger charge is -2.20. The number of aryl methyl sites for hydroxylation is 1. The molecule has 9 nitrogen and oxygen atoms in total. The molecule has 0 atom stereocenters. The summed E-state index contributed by atoms with van der Waals surface area (Å²) >= 11 is 0. The fourth-order valence-electron chi connectivity index (χ4n) is 3.86. The lowest BCUT2D eigenvalue weighted by atomic mass is 9.92. The Bertz CT molecular complexity index is 1350. The largest absolute Gasteiger partial charge is 0.330 e. The average Bonchev–Trinajstić information content (AvgIpc) is 3.28. The highest BCUT2D eigenvalue weighted by molar-refractivity contribution is 5.98. The summed E-state index contributed by atoms with van der Waals surface area (Å²) in [5, 5.41) is 18.6. The van der Waals surface area contributed by atoms with Crippen LogP contribution in [0.25, 0.3) is 11.8 Å². The molecule has 0 fully saturated rings. The van der Waals surface area contributed by atoms with Crippen LogP contribution in [-0.2, 0) is 15.0 Å². The van der Waals surface area contributed by atoms with Gasteiger partial charge in [-0.05, 0) is 61.2 Å². The van der Waals surface area contributed by atoms with Crippen molar-refractivity contribution in [3.8, 4) is 5.69 Å². The number of non-ortho nitro benzene ring substituents is 1. The standard InChI is InChI=1S/C29H35N5O4/c1-7-17-32(28(36)16-13-22-11-14-23(15-12-22)34(37)38)19-27(35)30-26-18-25(29(4,5)6)31-33(26)24-10-8-9-20(2)21(24)3/h8-16,18H,7,17,19H2,1-6H3,(H,30,35)/b16-13+. The molecule has 1 heterocycles. The SMILES string of the molecule is CCCN(CC(=O)Nc1cc(C(C)(C)C)nn1-c1cccc(C)c1C)C(=O)/C=C/c1ccc([N+](=O)[O-])cc1. The Kier molecular flexibility index (Phi) is 8.83. The van der Waals surface area contributed by atoms with Crippen molar-refractivity contribution in [1.29, 1.82) is 0 Å². The maximum Gasteiger partial charge on any atom is 0.269 e. The number of carbonyl (C=O) groups is 2. The second-order valence-corrected chi connectivity index (χ2v) is 10.3. The third kappa shape index (κ3) is 6.94. The van der Waals surface area contributed by atoms with E-state index in [9.17, 15) is 19.7 Å². The first kappa shape index (κ1) is 28.3. The first-order valence-electron chi connectivity index (χ1n) is 12.6. The van der Waals surface area contributed by atoms with Crippen molar-refractivity contribution in [3.63, 3.8) is 0 Å². The minimum atomic E-state index is -0.475. The monoisotopic (exact) mass is 517 g/mol. The van der Waals surface area contributed by atoms with Crippen molar-refractivity contribution >= 4 is 29.4 Å². The molecule has 2 aromatic carbocycles. The first-order chi connectivity index (χ1) is 17.9. The Hall–Kier alpha value is -4.27. The Morgan fingerprint density at radius 2 is 1.82 bits per heavy atom. The highest BCUT2D eigenvalue weighted by Gasteiger charge is 2.23. The molecule has 0 bridgehead atoms. The molecule has 200 valence electrons. The third-order valence-electron chi connectivity index (χ3n) is 6.21. The normalized spacial score (nSPS) is 11.5. The van der Waals surface area contributed by atoms with Gasteiger partial charge in [0, 0.05) is 36.2 Å². The van der Waals surface area contributed by atoms with Gasteiger partial charge in [0.1, 0.15) is 12.4 Å². The van der Waals surface area contributed by atoms with E-state index in [1.54, 1.807) is 22.9 Å². The van der Waals surface area contributed by atoms with Gasteiger partial charge >= 0.3 is 0 Å². The van der Waals surface area contributed by atoms with E-state index in [1.165, 1.54) is 23.1 Å². The van der Waals surface area contributed by atoms with Gasteiger partial charge in [-0.25, -0.2) is 4.68 Å². The van der Waals surface area contributed by atoms with E-state index >= 15 is 0 Å². The molecule has 0 unspecified atom stereocenters. The summed E-state index contributed by atoms with van der Waals surface area (Å²) in [5.41, 5.74) is 4.29. The Balaban J connectivity index is 1.80. The number of amides is 2. The van der Waals surface area contributed by atoms with Crippen molar-refractivity contribution in [3.05, 3.63) is 87.1 Å². The van der Waals surface area contributed by atoms with Gasteiger partial charge in [0.25, 0.3) is 5.69 Å². The average molecular weight is 518 g/mol. The number of aromatic nitrogens is 2. The predicted molar refractivity (Wildman–Crippen MR) is 149 cm³/mol. The van der Waals surface area contributed by atoms with Gasteiger partial charge in [0.15, 0.2) is 0 Å². The smallest absolute Gasteiger partial charge is 0.269 e. The van der Waals surface area contributed by atoms with Crippen LogP contribution in [0.15, 0.2) is 54.6 Å². The lowest BCUT2D eigenvalue weighted by Crippen LogP contribution is -2.37. The number of nitro groups is 1. The zero-order valence-electron chi connectivity index (χ0n) is 22.8. The first-order valence-corrected chi connectivity index (χ1v) is 12.6. The molecule has 9 heteroatoms. The van der Waals surface area contributed by atoms with Gasteiger partial charge in [-0.1, -0.05) is 39.8 Å². The van der Waals surface area contributed by atoms with Crippen LogP contribution in [0.4, 0.5) is 11.5 Å². The zero-order valence-corrected chi connectivity index (χ0v) is 22.8. The number of benzene rings is 2. The third-order valence-corrected chi connectivity index (χ3v) is 6.21. The number of nitrogens with zero attached hydrogens (tertiary/aromatic N) is 4. The van der Waals surface area contributed by atoms with Gasteiger partial charge in [-0.2, -0.15) is 5.10 Å². The van der Waals surface area contributed by atoms with Gasteiger partial charge in [-0.15, -0.1) is 0 Å². The zero-order chi connectivity index (χ0) is 28.0. The lowest BCUT2D eigenvalue weighted by molar-refractivity contribution is -0.384. The molecule has 3 aromatic rings. The molecule has 0 aliphatic rings. The summed E-state index contributed by atoms with van der Waals surface area (Å²) in [6.45, 7) is 12.5. The van der Waals surface area contributed by atoms with Crippen LogP contribution in [0, 0.1) is 24.0 Å². The number of anilines is 1. The van der Waals surface area contributed by atoms with Gasteiger partial charge in [0.2, 0.25) is 11.8 Å². The van der Waals surface area contributed by atoms with Crippen molar-refractivity contribution in [2.24, 2.45) is 0 Å². The topological polar surface area (TPSA) is 110 Å². The molecule has 3 rings (SSSR count). The van der Waals surface area contributed by atoms with E-state index in [0.29, 0.717) is 24.3 Å². The molecule has 2 amide bonds. The molecule has 1 aromatic heterocycles. The summed E-state index contributed by atoms with van der Waals surface area (Å²) in [6, 6.07) is 13.7. The number of carbonyl (C=O) groups excluding carboxylic acids is 2. The highest BCUT2D eigenvalue weighted by atomic mass is 16.6. The number of hydrogen-bond acceptors (Lipinski definition) is 5. The molecule has 0 spiro atoms. The minimum Gasteiger partial charge on any atom is -0.330 e. The van der Waals surface area contributed by atoms with E-state index in [4.69, 9.17) is 5.10 Å². The fourth-order valence-corrected chi connectivity index (χ4v) is 3.86. The van der Waals surface area contributed by atoms with E-state index < -0.39 is 4.92 Å². The Morgan fingerprint density at radius 1 is 1.13 bits per heavy atom. The van der Waals surface area contributed by atoms with Crippen molar-refractivity contribution < 1.29 is 14.5 Å². The molecular formula is C29H35N5O4. The van der Waals surface area contributed by atoms with E-state index in [2.05, 4.69) is 26.1 Å². The summed E-state index contributed by atoms with van der Waals surface area (Å²) in [5.74, 6) is -0.111. The molecule has 1 N–H and O–H groups in total. The maximum absolute atomic E-state index is 13.1. The second-order valence-electron chi connectivity index (χ2n) is 10.3. The van der Waals surface area contributed by atoms with Gasteiger partial charge < -0.3 is 10.2 Å². The highest BCUT2D eigenvalue weighted by Crippen LogP contribution is 2.28. The molecule has 0 radical (unpaired) electrons. The molecule has 38 heavy (non-hydrogen) atoms. The van der Waals surface area contributed by atoms with Crippen LogP contribution in [-0.4, -0.2) is 44.5 Å². The number of rotatable bonds is 9. The number of nitrogens with one attached hydrogen (secondary N) is 1.